The van der Waals surface area contributed by atoms with Gasteiger partial charge in [-0.1, -0.05) is 31.2 Å². The van der Waals surface area contributed by atoms with Crippen LogP contribution in [0.5, 0.6) is 5.75 Å². The van der Waals surface area contributed by atoms with Crippen molar-refractivity contribution in [1.29, 1.82) is 0 Å². The molecule has 0 spiro atoms. The second-order valence-electron chi connectivity index (χ2n) is 8.94. The van der Waals surface area contributed by atoms with Crippen molar-refractivity contribution >= 4 is 22.8 Å². The van der Waals surface area contributed by atoms with Crippen molar-refractivity contribution in [2.75, 3.05) is 0 Å². The average Bonchev–Trinajstić information content (AvgIpc) is 3.22. The summed E-state index contributed by atoms with van der Waals surface area (Å²) in [6.07, 6.45) is 2.89. The van der Waals surface area contributed by atoms with Crippen molar-refractivity contribution in [2.45, 2.75) is 38.6 Å². The summed E-state index contributed by atoms with van der Waals surface area (Å²) in [5.74, 6) is -1.73. The summed E-state index contributed by atoms with van der Waals surface area (Å²) in [4.78, 5) is 44.4. The van der Waals surface area contributed by atoms with Crippen LogP contribution in [0.1, 0.15) is 30.0 Å². The van der Waals surface area contributed by atoms with Gasteiger partial charge in [-0.25, -0.2) is 14.6 Å². The number of pyridine rings is 3. The van der Waals surface area contributed by atoms with Gasteiger partial charge in [-0.05, 0) is 30.4 Å². The van der Waals surface area contributed by atoms with Gasteiger partial charge in [0.1, 0.15) is 6.61 Å². The highest BCUT2D eigenvalue weighted by Crippen LogP contribution is 2.40. The zero-order valence-corrected chi connectivity index (χ0v) is 19.4. The quantitative estimate of drug-likeness (QED) is 0.282. The SMILES string of the molecule is CC[C@@]1(OC(=O)C[n+]2cccc([O-])c2)C(=O)OCc2c1cc1n(c2=O)Cc2cc3ccccc3nc2-1. The van der Waals surface area contributed by atoms with Crippen LogP contribution >= 0.6 is 0 Å². The van der Waals surface area contributed by atoms with Crippen molar-refractivity contribution in [3.05, 3.63) is 88.0 Å². The zero-order valence-electron chi connectivity index (χ0n) is 19.4. The fraction of sp³-hybridized carbons (Fsp3) is 0.222. The Kier molecular flexibility index (Phi) is 4.89. The number of nitrogens with zero attached hydrogens (tertiary/aromatic N) is 3. The lowest BCUT2D eigenvalue weighted by atomic mass is 9.85. The largest absolute Gasteiger partial charge is 0.868 e. The molecule has 6 rings (SSSR count). The maximum absolute atomic E-state index is 13.6. The standard InChI is InChI=1S/C27H21N3O6/c1-2-27(36-23(32)14-29-9-5-7-18(31)13-29)20-11-22-24-17(10-16-6-3-4-8-21(16)28-24)12-30(22)25(33)19(20)15-35-26(27)34/h3-11,13H,2,12,14-15H2,1H3/t27-/m0/s1. The highest BCUT2D eigenvalue weighted by atomic mass is 16.6. The predicted molar refractivity (Wildman–Crippen MR) is 124 cm³/mol. The number of rotatable bonds is 4. The Bertz CT molecular complexity index is 1640. The molecule has 2 aliphatic rings. The van der Waals surface area contributed by atoms with Crippen molar-refractivity contribution in [1.82, 2.24) is 9.55 Å². The molecule has 0 aliphatic carbocycles. The highest BCUT2D eigenvalue weighted by molar-refractivity contribution is 5.88. The molecule has 0 amide bonds. The lowest BCUT2D eigenvalue weighted by Gasteiger charge is -2.35. The van der Waals surface area contributed by atoms with Crippen molar-refractivity contribution in [3.63, 3.8) is 0 Å². The third kappa shape index (κ3) is 3.27. The number of carbonyl (C=O) groups excluding carboxylic acids is 2. The first-order valence-electron chi connectivity index (χ1n) is 11.6. The Hall–Kier alpha value is -4.53. The van der Waals surface area contributed by atoms with Crippen LogP contribution in [0.3, 0.4) is 0 Å². The molecule has 36 heavy (non-hydrogen) atoms. The third-order valence-corrected chi connectivity index (χ3v) is 6.82. The Morgan fingerprint density at radius 2 is 2.06 bits per heavy atom. The van der Waals surface area contributed by atoms with Crippen LogP contribution in [-0.4, -0.2) is 21.5 Å². The van der Waals surface area contributed by atoms with E-state index in [1.165, 1.54) is 22.9 Å². The molecule has 0 saturated carbocycles. The molecule has 0 unspecified atom stereocenters. The molecule has 2 aliphatic heterocycles. The van der Waals surface area contributed by atoms with E-state index in [0.717, 1.165) is 16.5 Å². The third-order valence-electron chi connectivity index (χ3n) is 6.82. The maximum atomic E-state index is 13.6. The van der Waals surface area contributed by atoms with E-state index in [2.05, 4.69) is 0 Å². The first-order chi connectivity index (χ1) is 17.4. The molecule has 5 heterocycles. The molecule has 180 valence electrons. The summed E-state index contributed by atoms with van der Waals surface area (Å²) in [6, 6.07) is 14.3. The van der Waals surface area contributed by atoms with E-state index < -0.39 is 17.5 Å². The molecule has 0 saturated heterocycles. The number of hydrogen-bond acceptors (Lipinski definition) is 7. The lowest BCUT2D eigenvalue weighted by molar-refractivity contribution is -0.688. The molecular weight excluding hydrogens is 462 g/mol. The fourth-order valence-corrected chi connectivity index (χ4v) is 5.05. The van der Waals surface area contributed by atoms with E-state index in [-0.39, 0.29) is 36.4 Å². The molecular formula is C27H21N3O6. The van der Waals surface area contributed by atoms with E-state index in [4.69, 9.17) is 14.5 Å². The number of benzene rings is 1. The van der Waals surface area contributed by atoms with Gasteiger partial charge in [-0.2, -0.15) is 4.57 Å². The van der Waals surface area contributed by atoms with Crippen molar-refractivity contribution in [2.24, 2.45) is 0 Å². The fourth-order valence-electron chi connectivity index (χ4n) is 5.05. The minimum absolute atomic E-state index is 0.0672. The Labute approximate surface area is 205 Å². The summed E-state index contributed by atoms with van der Waals surface area (Å²) in [7, 11) is 0. The zero-order chi connectivity index (χ0) is 25.0. The molecule has 3 aromatic heterocycles. The molecule has 1 atom stereocenters. The van der Waals surface area contributed by atoms with Gasteiger partial charge >= 0.3 is 11.9 Å². The molecule has 0 N–H and O–H groups in total. The summed E-state index contributed by atoms with van der Waals surface area (Å²) in [6.45, 7) is 1.56. The summed E-state index contributed by atoms with van der Waals surface area (Å²) in [5, 5.41) is 12.6. The number of para-hydroxylation sites is 1. The van der Waals surface area contributed by atoms with E-state index in [9.17, 15) is 19.5 Å². The van der Waals surface area contributed by atoms with Gasteiger partial charge in [0.2, 0.25) is 12.1 Å². The highest BCUT2D eigenvalue weighted by Gasteiger charge is 2.50. The van der Waals surface area contributed by atoms with E-state index in [0.29, 0.717) is 23.5 Å². The number of aromatic nitrogens is 3. The van der Waals surface area contributed by atoms with Gasteiger partial charge in [-0.15, -0.1) is 0 Å². The van der Waals surface area contributed by atoms with Crippen LogP contribution in [0.2, 0.25) is 0 Å². The number of hydrogen-bond donors (Lipinski definition) is 0. The first kappa shape index (κ1) is 22.0. The second kappa shape index (κ2) is 8.01. The van der Waals surface area contributed by atoms with Gasteiger partial charge in [0.25, 0.3) is 5.56 Å². The Morgan fingerprint density at radius 1 is 1.22 bits per heavy atom. The summed E-state index contributed by atoms with van der Waals surface area (Å²) in [5.41, 5.74) is 1.42. The molecule has 0 radical (unpaired) electrons. The molecule has 0 bridgehead atoms. The maximum Gasteiger partial charge on any atom is 0.374 e. The van der Waals surface area contributed by atoms with Crippen LogP contribution in [0, 0.1) is 0 Å². The first-order valence-corrected chi connectivity index (χ1v) is 11.6. The lowest BCUT2D eigenvalue weighted by Crippen LogP contribution is -2.49. The van der Waals surface area contributed by atoms with Gasteiger partial charge in [0.15, 0.2) is 12.4 Å². The number of cyclic esters (lactones) is 1. The van der Waals surface area contributed by atoms with Crippen molar-refractivity contribution < 1.29 is 28.7 Å². The van der Waals surface area contributed by atoms with Gasteiger partial charge < -0.3 is 19.1 Å². The second-order valence-corrected chi connectivity index (χ2v) is 8.94. The Balaban J connectivity index is 1.46. The van der Waals surface area contributed by atoms with Crippen LogP contribution in [0.15, 0.2) is 65.7 Å². The van der Waals surface area contributed by atoms with E-state index >= 15 is 0 Å². The smallest absolute Gasteiger partial charge is 0.374 e. The topological polar surface area (TPSA) is 114 Å². The molecule has 1 aromatic carbocycles. The molecule has 0 fully saturated rings. The minimum atomic E-state index is -1.78. The normalized spacial score (nSPS) is 17.8. The monoisotopic (exact) mass is 483 g/mol. The van der Waals surface area contributed by atoms with Crippen LogP contribution in [-0.2, 0) is 44.4 Å². The molecule has 4 aromatic rings. The predicted octanol–water partition coefficient (Wildman–Crippen LogP) is 1.69. The molecule has 9 nitrogen and oxygen atoms in total. The Morgan fingerprint density at radius 3 is 2.86 bits per heavy atom. The minimum Gasteiger partial charge on any atom is -0.868 e. The van der Waals surface area contributed by atoms with Gasteiger partial charge in [-0.3, -0.25) is 4.79 Å². The van der Waals surface area contributed by atoms with Crippen LogP contribution in [0.25, 0.3) is 22.3 Å². The summed E-state index contributed by atoms with van der Waals surface area (Å²) < 4.78 is 14.1. The van der Waals surface area contributed by atoms with Crippen LogP contribution < -0.4 is 15.2 Å². The number of fused-ring (bicyclic) bond motifs is 5. The van der Waals surface area contributed by atoms with Crippen LogP contribution in [0.4, 0.5) is 0 Å². The van der Waals surface area contributed by atoms with E-state index in [1.54, 1.807) is 23.8 Å². The van der Waals surface area contributed by atoms with E-state index in [1.807, 2.05) is 30.3 Å². The number of esters is 2. The van der Waals surface area contributed by atoms with Crippen molar-refractivity contribution in [3.8, 4) is 17.1 Å². The number of ether oxygens (including phenoxy) is 2. The number of carbonyl (C=O) groups is 2. The summed E-state index contributed by atoms with van der Waals surface area (Å²) >= 11 is 0. The average molecular weight is 483 g/mol. The van der Waals surface area contributed by atoms with Gasteiger partial charge in [0, 0.05) is 22.6 Å². The van der Waals surface area contributed by atoms with Gasteiger partial charge in [0.05, 0.1) is 29.0 Å². The molecule has 9 heteroatoms.